The summed E-state index contributed by atoms with van der Waals surface area (Å²) in [6.07, 6.45) is 4.15. The van der Waals surface area contributed by atoms with Crippen LogP contribution in [0, 0.1) is 5.92 Å². The van der Waals surface area contributed by atoms with E-state index in [9.17, 15) is 4.79 Å². The van der Waals surface area contributed by atoms with Gasteiger partial charge in [0.1, 0.15) is 5.82 Å². The van der Waals surface area contributed by atoms with E-state index >= 15 is 0 Å². The minimum atomic E-state index is -0.163. The van der Waals surface area contributed by atoms with E-state index in [0.29, 0.717) is 24.5 Å². The maximum Gasteiger partial charge on any atom is 0.319 e. The van der Waals surface area contributed by atoms with Gasteiger partial charge in [-0.25, -0.2) is 9.78 Å². The third kappa shape index (κ3) is 6.00. The molecule has 1 saturated carbocycles. The van der Waals surface area contributed by atoms with Gasteiger partial charge in [-0.15, -0.1) is 0 Å². The highest BCUT2D eigenvalue weighted by Gasteiger charge is 2.23. The fraction of sp³-hybridized carbons (Fsp3) is 0.300. The molecule has 1 aromatic heterocycles. The second-order valence-corrected chi connectivity index (χ2v) is 9.89. The van der Waals surface area contributed by atoms with Crippen molar-refractivity contribution in [3.05, 3.63) is 78.9 Å². The van der Waals surface area contributed by atoms with Gasteiger partial charge >= 0.3 is 6.03 Å². The minimum absolute atomic E-state index is 0.163. The van der Waals surface area contributed by atoms with Crippen molar-refractivity contribution in [3.8, 4) is 11.1 Å². The summed E-state index contributed by atoms with van der Waals surface area (Å²) in [5, 5.41) is 10.7. The predicted molar refractivity (Wildman–Crippen MR) is 152 cm³/mol. The first kappa shape index (κ1) is 24.6. The van der Waals surface area contributed by atoms with Gasteiger partial charge in [0, 0.05) is 37.6 Å². The lowest BCUT2D eigenvalue weighted by atomic mass is 9.86. The number of nitrogens with zero attached hydrogens (tertiary/aromatic N) is 3. The van der Waals surface area contributed by atoms with E-state index in [1.54, 1.807) is 0 Å². The number of hydrogen-bond acceptors (Lipinski definition) is 5. The third-order valence-corrected chi connectivity index (χ3v) is 7.00. The number of carbonyl (C=O) groups is 1. The van der Waals surface area contributed by atoms with E-state index in [1.807, 2.05) is 79.7 Å². The molecule has 0 atom stereocenters. The molecule has 7 heteroatoms. The lowest BCUT2D eigenvalue weighted by Crippen LogP contribution is -2.36. The fourth-order valence-corrected chi connectivity index (χ4v) is 5.02. The summed E-state index contributed by atoms with van der Waals surface area (Å²) in [5.41, 5.74) is 3.85. The highest BCUT2D eigenvalue weighted by molar-refractivity contribution is 5.94. The van der Waals surface area contributed by atoms with Gasteiger partial charge < -0.3 is 20.9 Å². The van der Waals surface area contributed by atoms with Crippen LogP contribution in [0.3, 0.4) is 0 Å². The van der Waals surface area contributed by atoms with Crippen molar-refractivity contribution in [2.45, 2.75) is 31.7 Å². The zero-order valence-electron chi connectivity index (χ0n) is 21.4. The Balaban J connectivity index is 1.13. The van der Waals surface area contributed by atoms with Crippen molar-refractivity contribution in [1.29, 1.82) is 0 Å². The Morgan fingerprint density at radius 3 is 2.35 bits per heavy atom. The van der Waals surface area contributed by atoms with Gasteiger partial charge in [-0.3, -0.25) is 0 Å². The molecule has 1 aliphatic rings. The maximum absolute atomic E-state index is 12.7. The van der Waals surface area contributed by atoms with E-state index in [2.05, 4.69) is 34.1 Å². The van der Waals surface area contributed by atoms with Crippen molar-refractivity contribution >= 4 is 34.4 Å². The van der Waals surface area contributed by atoms with E-state index in [4.69, 9.17) is 9.97 Å². The summed E-state index contributed by atoms with van der Waals surface area (Å²) in [6.45, 7) is 0.670. The average Bonchev–Trinajstić information content (AvgIpc) is 2.93. The molecule has 3 N–H and O–H groups in total. The van der Waals surface area contributed by atoms with Crippen molar-refractivity contribution in [1.82, 2.24) is 15.3 Å². The number of nitrogens with one attached hydrogen (secondary N) is 3. The van der Waals surface area contributed by atoms with Gasteiger partial charge in [0.05, 0.1) is 11.2 Å². The number of hydrogen-bond donors (Lipinski definition) is 3. The molecule has 37 heavy (non-hydrogen) atoms. The molecule has 0 saturated heterocycles. The lowest BCUT2D eigenvalue weighted by molar-refractivity contribution is 0.246. The third-order valence-electron chi connectivity index (χ3n) is 7.00. The molecule has 0 spiro atoms. The zero-order chi connectivity index (χ0) is 25.6. The minimum Gasteiger partial charge on any atom is -0.362 e. The summed E-state index contributed by atoms with van der Waals surface area (Å²) < 4.78 is 0. The van der Waals surface area contributed by atoms with Crippen LogP contribution < -0.4 is 20.9 Å². The van der Waals surface area contributed by atoms with Crippen molar-refractivity contribution in [2.24, 2.45) is 5.92 Å². The van der Waals surface area contributed by atoms with Crippen molar-refractivity contribution in [2.75, 3.05) is 36.2 Å². The summed E-state index contributed by atoms with van der Waals surface area (Å²) in [6, 6.07) is 26.3. The number of carbonyl (C=O) groups excluding carboxylic acids is 1. The molecule has 0 aliphatic heterocycles. The molecule has 7 nitrogen and oxygen atoms in total. The summed E-state index contributed by atoms with van der Waals surface area (Å²) in [7, 11) is 4.01. The molecule has 0 bridgehead atoms. The monoisotopic (exact) mass is 494 g/mol. The highest BCUT2D eigenvalue weighted by atomic mass is 16.2. The number of amides is 2. The highest BCUT2D eigenvalue weighted by Crippen LogP contribution is 2.29. The Hall–Kier alpha value is -4.13. The van der Waals surface area contributed by atoms with Gasteiger partial charge in [0.15, 0.2) is 0 Å². The van der Waals surface area contributed by atoms with E-state index in [-0.39, 0.29) is 6.03 Å². The van der Waals surface area contributed by atoms with E-state index < -0.39 is 0 Å². The number of aromatic nitrogens is 2. The van der Waals surface area contributed by atoms with Gasteiger partial charge in [-0.2, -0.15) is 4.98 Å². The smallest absolute Gasteiger partial charge is 0.319 e. The van der Waals surface area contributed by atoms with E-state index in [0.717, 1.165) is 59.2 Å². The zero-order valence-corrected chi connectivity index (χ0v) is 21.4. The molecule has 0 radical (unpaired) electrons. The SMILES string of the molecule is CN(C)c1nc(NC2CCC(CNC(=O)Nc3ccccc3-c3ccccc3)CC2)nc2ccccc12. The Morgan fingerprint density at radius 1 is 0.865 bits per heavy atom. The maximum atomic E-state index is 12.7. The van der Waals surface area contributed by atoms with Gasteiger partial charge in [-0.05, 0) is 55.4 Å². The van der Waals surface area contributed by atoms with Crippen LogP contribution in [0.5, 0.6) is 0 Å². The van der Waals surface area contributed by atoms with Crippen LogP contribution in [0.25, 0.3) is 22.0 Å². The van der Waals surface area contributed by atoms with Crippen LogP contribution in [0.15, 0.2) is 78.9 Å². The Morgan fingerprint density at radius 2 is 1.57 bits per heavy atom. The van der Waals surface area contributed by atoms with Gasteiger partial charge in [0.2, 0.25) is 5.95 Å². The summed E-state index contributed by atoms with van der Waals surface area (Å²) in [5.74, 6) is 2.06. The first-order chi connectivity index (χ1) is 18.1. The topological polar surface area (TPSA) is 82.2 Å². The number of rotatable bonds is 7. The Kier molecular flexibility index (Phi) is 7.49. The molecule has 2 amide bonds. The van der Waals surface area contributed by atoms with Gasteiger partial charge in [0.25, 0.3) is 0 Å². The second-order valence-electron chi connectivity index (χ2n) is 9.89. The molecule has 3 aromatic carbocycles. The average molecular weight is 495 g/mol. The molecule has 1 aliphatic carbocycles. The van der Waals surface area contributed by atoms with Crippen LogP contribution in [0.4, 0.5) is 22.2 Å². The number of urea groups is 1. The predicted octanol–water partition coefficient (Wildman–Crippen LogP) is 6.16. The molecular weight excluding hydrogens is 460 g/mol. The quantitative estimate of drug-likeness (QED) is 0.287. The summed E-state index contributed by atoms with van der Waals surface area (Å²) >= 11 is 0. The molecular formula is C30H34N6O. The van der Waals surface area contributed by atoms with Crippen LogP contribution in [-0.2, 0) is 0 Å². The fourth-order valence-electron chi connectivity index (χ4n) is 5.02. The van der Waals surface area contributed by atoms with Crippen LogP contribution in [-0.4, -0.2) is 42.7 Å². The van der Waals surface area contributed by atoms with Crippen molar-refractivity contribution in [3.63, 3.8) is 0 Å². The van der Waals surface area contributed by atoms with E-state index in [1.165, 1.54) is 0 Å². The number of anilines is 3. The molecule has 0 unspecified atom stereocenters. The molecule has 1 fully saturated rings. The van der Waals surface area contributed by atoms with Crippen LogP contribution >= 0.6 is 0 Å². The second kappa shape index (κ2) is 11.3. The number of para-hydroxylation sites is 2. The largest absolute Gasteiger partial charge is 0.362 e. The van der Waals surface area contributed by atoms with Crippen LogP contribution in [0.2, 0.25) is 0 Å². The van der Waals surface area contributed by atoms with Crippen LogP contribution in [0.1, 0.15) is 25.7 Å². The standard InChI is InChI=1S/C30H34N6O/c1-36(2)28-25-13-7-9-15-27(25)33-29(35-28)32-23-18-16-21(17-19-23)20-31-30(37)34-26-14-8-6-12-24(26)22-10-4-3-5-11-22/h3-15,21,23H,16-20H2,1-2H3,(H2,31,34,37)(H,32,33,35). The van der Waals surface area contributed by atoms with Gasteiger partial charge in [-0.1, -0.05) is 60.7 Å². The Bertz CT molecular complexity index is 1350. The molecule has 4 aromatic rings. The van der Waals surface area contributed by atoms with Crippen molar-refractivity contribution < 1.29 is 4.79 Å². The number of benzene rings is 3. The summed E-state index contributed by atoms with van der Waals surface area (Å²) in [4.78, 5) is 24.2. The Labute approximate surface area is 218 Å². The number of fused-ring (bicyclic) bond motifs is 1. The lowest BCUT2D eigenvalue weighted by Gasteiger charge is -2.29. The molecule has 190 valence electrons. The molecule has 1 heterocycles. The first-order valence-electron chi connectivity index (χ1n) is 13.0. The first-order valence-corrected chi connectivity index (χ1v) is 13.0. The normalized spacial score (nSPS) is 17.2. The molecule has 5 rings (SSSR count).